The first-order valence-electron chi connectivity index (χ1n) is 9.53. The number of nitrogens with zero attached hydrogens (tertiary/aromatic N) is 3. The maximum absolute atomic E-state index is 12.1. The lowest BCUT2D eigenvalue weighted by Crippen LogP contribution is -2.53. The Bertz CT molecular complexity index is 653. The van der Waals surface area contributed by atoms with Crippen molar-refractivity contribution in [3.63, 3.8) is 0 Å². The summed E-state index contributed by atoms with van der Waals surface area (Å²) in [4.78, 5) is 20.3. The summed E-state index contributed by atoms with van der Waals surface area (Å²) >= 11 is 0. The Morgan fingerprint density at radius 2 is 1.75 bits per heavy atom. The van der Waals surface area contributed by atoms with Crippen molar-refractivity contribution in [1.29, 1.82) is 0 Å². The number of rotatable bonds is 5. The van der Waals surface area contributed by atoms with E-state index in [1.54, 1.807) is 4.90 Å². The summed E-state index contributed by atoms with van der Waals surface area (Å²) in [6.07, 6.45) is 0.500. The molecular weight excluding hydrogens is 471 g/mol. The van der Waals surface area contributed by atoms with Crippen molar-refractivity contribution in [2.24, 2.45) is 10.7 Å². The molecule has 1 fully saturated rings. The molecule has 8 heteroatoms. The Morgan fingerprint density at radius 1 is 1.14 bits per heavy atom. The van der Waals surface area contributed by atoms with Crippen LogP contribution in [0.25, 0.3) is 0 Å². The van der Waals surface area contributed by atoms with Crippen molar-refractivity contribution in [2.45, 2.75) is 39.7 Å². The first-order chi connectivity index (χ1) is 12.8. The summed E-state index contributed by atoms with van der Waals surface area (Å²) in [5.74, 6) is 1.42. The van der Waals surface area contributed by atoms with Crippen LogP contribution >= 0.6 is 24.0 Å². The molecule has 1 saturated heterocycles. The van der Waals surface area contributed by atoms with Gasteiger partial charge in [0, 0.05) is 32.7 Å². The fourth-order valence-corrected chi connectivity index (χ4v) is 2.84. The second-order valence-corrected chi connectivity index (χ2v) is 7.49. The molecule has 0 bridgehead atoms. The van der Waals surface area contributed by atoms with Crippen molar-refractivity contribution >= 4 is 36.0 Å². The van der Waals surface area contributed by atoms with Gasteiger partial charge >= 0.3 is 6.09 Å². The van der Waals surface area contributed by atoms with Crippen LogP contribution < -0.4 is 10.5 Å². The van der Waals surface area contributed by atoms with E-state index in [-0.39, 0.29) is 30.1 Å². The second kappa shape index (κ2) is 11.3. The van der Waals surface area contributed by atoms with Gasteiger partial charge in [-0.15, -0.1) is 24.0 Å². The van der Waals surface area contributed by atoms with Gasteiger partial charge in [0.1, 0.15) is 11.4 Å². The molecule has 0 saturated carbocycles. The van der Waals surface area contributed by atoms with Gasteiger partial charge in [0.2, 0.25) is 0 Å². The van der Waals surface area contributed by atoms with Crippen molar-refractivity contribution in [3.05, 3.63) is 29.8 Å². The average Bonchev–Trinajstić information content (AvgIpc) is 2.62. The van der Waals surface area contributed by atoms with Crippen LogP contribution in [0.2, 0.25) is 0 Å². The molecule has 0 spiro atoms. The summed E-state index contributed by atoms with van der Waals surface area (Å²) < 4.78 is 11.1. The molecular formula is C20H33IN4O3. The van der Waals surface area contributed by atoms with Crippen LogP contribution in [0.4, 0.5) is 4.79 Å². The SMILES string of the molecule is CCOc1ccccc1CCN=C(N)N1CCN(C(=O)OC(C)(C)C)CC1.I. The number of halogens is 1. The second-order valence-electron chi connectivity index (χ2n) is 7.49. The van der Waals surface area contributed by atoms with E-state index >= 15 is 0 Å². The van der Waals surface area contributed by atoms with Crippen LogP contribution in [-0.2, 0) is 11.2 Å². The Kier molecular flexibility index (Phi) is 9.84. The Hall–Kier alpha value is -1.71. The van der Waals surface area contributed by atoms with Gasteiger partial charge in [-0.05, 0) is 45.7 Å². The van der Waals surface area contributed by atoms with E-state index in [1.165, 1.54) is 0 Å². The quantitative estimate of drug-likeness (QED) is 0.379. The van der Waals surface area contributed by atoms with E-state index in [0.717, 1.165) is 17.7 Å². The largest absolute Gasteiger partial charge is 0.494 e. The van der Waals surface area contributed by atoms with Crippen LogP contribution in [0.1, 0.15) is 33.3 Å². The first kappa shape index (κ1) is 24.3. The van der Waals surface area contributed by atoms with Gasteiger partial charge in [-0.1, -0.05) is 18.2 Å². The molecule has 1 aromatic carbocycles. The third-order valence-corrected chi connectivity index (χ3v) is 4.18. The summed E-state index contributed by atoms with van der Waals surface area (Å²) in [5, 5.41) is 0. The van der Waals surface area contributed by atoms with Crippen LogP contribution in [0, 0.1) is 0 Å². The maximum Gasteiger partial charge on any atom is 0.410 e. The number of hydrogen-bond acceptors (Lipinski definition) is 4. The molecule has 2 rings (SSSR count). The molecule has 0 radical (unpaired) electrons. The number of guanidine groups is 1. The summed E-state index contributed by atoms with van der Waals surface area (Å²) in [7, 11) is 0. The van der Waals surface area contributed by atoms with Crippen molar-refractivity contribution in [3.8, 4) is 5.75 Å². The third kappa shape index (κ3) is 7.73. The third-order valence-electron chi connectivity index (χ3n) is 4.18. The normalized spacial score (nSPS) is 15.1. The van der Waals surface area contributed by atoms with Gasteiger partial charge in [0.15, 0.2) is 5.96 Å². The highest BCUT2D eigenvalue weighted by atomic mass is 127. The number of carbonyl (C=O) groups excluding carboxylic acids is 1. The zero-order valence-electron chi connectivity index (χ0n) is 17.3. The number of aliphatic imine (C=N–C) groups is 1. The summed E-state index contributed by atoms with van der Waals surface area (Å²) in [6.45, 7) is 11.3. The average molecular weight is 504 g/mol. The van der Waals surface area contributed by atoms with Crippen molar-refractivity contribution in [2.75, 3.05) is 39.3 Å². The molecule has 0 unspecified atom stereocenters. The van der Waals surface area contributed by atoms with E-state index in [9.17, 15) is 4.79 Å². The summed E-state index contributed by atoms with van der Waals surface area (Å²) in [6, 6.07) is 8.00. The Labute approximate surface area is 185 Å². The van der Waals surface area contributed by atoms with Gasteiger partial charge in [0.25, 0.3) is 0 Å². The van der Waals surface area contributed by atoms with E-state index in [0.29, 0.717) is 45.3 Å². The minimum Gasteiger partial charge on any atom is -0.494 e. The number of ether oxygens (including phenoxy) is 2. The lowest BCUT2D eigenvalue weighted by molar-refractivity contribution is 0.0186. The summed E-state index contributed by atoms with van der Waals surface area (Å²) in [5.41, 5.74) is 6.79. The van der Waals surface area contributed by atoms with Crippen LogP contribution in [0.15, 0.2) is 29.3 Å². The molecule has 2 N–H and O–H groups in total. The van der Waals surface area contributed by atoms with Gasteiger partial charge in [-0.2, -0.15) is 0 Å². The highest BCUT2D eigenvalue weighted by Gasteiger charge is 2.26. The smallest absolute Gasteiger partial charge is 0.410 e. The molecule has 28 heavy (non-hydrogen) atoms. The molecule has 0 aromatic heterocycles. The number of nitrogens with two attached hydrogens (primary N) is 1. The Morgan fingerprint density at radius 3 is 2.36 bits per heavy atom. The number of benzene rings is 1. The number of piperazine rings is 1. The van der Waals surface area contributed by atoms with Crippen molar-refractivity contribution < 1.29 is 14.3 Å². The minimum absolute atomic E-state index is 0. The van der Waals surface area contributed by atoms with Gasteiger partial charge < -0.3 is 25.0 Å². The fraction of sp³-hybridized carbons (Fsp3) is 0.600. The molecule has 7 nitrogen and oxygen atoms in total. The molecule has 1 amide bonds. The van der Waals surface area contributed by atoms with Crippen LogP contribution in [0.3, 0.4) is 0 Å². The lowest BCUT2D eigenvalue weighted by atomic mass is 10.1. The molecule has 0 atom stereocenters. The standard InChI is InChI=1S/C20H32N4O3.HI/c1-5-26-17-9-7-6-8-16(17)10-11-22-18(21)23-12-14-24(15-13-23)19(25)27-20(2,3)4;/h6-9H,5,10-15H2,1-4H3,(H2,21,22);1H. The molecule has 1 aliphatic rings. The zero-order chi connectivity index (χ0) is 19.9. The van der Waals surface area contributed by atoms with Crippen molar-refractivity contribution in [1.82, 2.24) is 9.80 Å². The molecule has 158 valence electrons. The van der Waals surface area contributed by atoms with Gasteiger partial charge in [-0.3, -0.25) is 4.99 Å². The molecule has 1 aliphatic heterocycles. The number of para-hydroxylation sites is 1. The first-order valence-corrected chi connectivity index (χ1v) is 9.53. The van der Waals surface area contributed by atoms with E-state index in [1.807, 2.05) is 50.8 Å². The van der Waals surface area contributed by atoms with Gasteiger partial charge in [-0.25, -0.2) is 4.79 Å². The topological polar surface area (TPSA) is 80.4 Å². The van der Waals surface area contributed by atoms with E-state index in [2.05, 4.69) is 11.1 Å². The highest BCUT2D eigenvalue weighted by molar-refractivity contribution is 14.0. The predicted molar refractivity (Wildman–Crippen MR) is 123 cm³/mol. The highest BCUT2D eigenvalue weighted by Crippen LogP contribution is 2.18. The van der Waals surface area contributed by atoms with Crippen LogP contribution in [-0.4, -0.2) is 66.8 Å². The van der Waals surface area contributed by atoms with E-state index in [4.69, 9.17) is 15.2 Å². The predicted octanol–water partition coefficient (Wildman–Crippen LogP) is 3.11. The number of hydrogen-bond donors (Lipinski definition) is 1. The number of amides is 1. The molecule has 1 heterocycles. The number of carbonyl (C=O) groups is 1. The maximum atomic E-state index is 12.1. The zero-order valence-corrected chi connectivity index (χ0v) is 19.6. The fourth-order valence-electron chi connectivity index (χ4n) is 2.84. The lowest BCUT2D eigenvalue weighted by Gasteiger charge is -2.36. The monoisotopic (exact) mass is 504 g/mol. The van der Waals surface area contributed by atoms with Gasteiger partial charge in [0.05, 0.1) is 6.61 Å². The Balaban J connectivity index is 0.00000392. The van der Waals surface area contributed by atoms with E-state index < -0.39 is 5.60 Å². The molecule has 1 aromatic rings. The minimum atomic E-state index is -0.480. The molecule has 0 aliphatic carbocycles. The van der Waals surface area contributed by atoms with Crippen LogP contribution in [0.5, 0.6) is 5.75 Å².